The quantitative estimate of drug-likeness (QED) is 0.196. The Bertz CT molecular complexity index is 2500. The van der Waals surface area contributed by atoms with Gasteiger partial charge in [0.05, 0.1) is 0 Å². The molecule has 9 rings (SSSR count). The number of hydrogen-bond acceptors (Lipinski definition) is 5. The predicted molar refractivity (Wildman–Crippen MR) is 191 cm³/mol. The van der Waals surface area contributed by atoms with Gasteiger partial charge in [-0.15, -0.1) is 0 Å². The first-order chi connectivity index (χ1) is 23.3. The molecule has 0 aliphatic heterocycles. The Labute approximate surface area is 271 Å². The van der Waals surface area contributed by atoms with Gasteiger partial charge in [0.2, 0.25) is 0 Å². The highest BCUT2D eigenvalue weighted by Gasteiger charge is 2.20. The van der Waals surface area contributed by atoms with Crippen molar-refractivity contribution in [2.45, 2.75) is 12.8 Å². The molecule has 0 unspecified atom stereocenters. The summed E-state index contributed by atoms with van der Waals surface area (Å²) in [5, 5.41) is 4.09. The van der Waals surface area contributed by atoms with Crippen molar-refractivity contribution in [3.63, 3.8) is 0 Å². The number of pyridine rings is 1. The van der Waals surface area contributed by atoms with E-state index in [1.807, 2.05) is 54.9 Å². The lowest BCUT2D eigenvalue weighted by molar-refractivity contribution is 0.669. The van der Waals surface area contributed by atoms with E-state index in [1.54, 1.807) is 0 Å². The van der Waals surface area contributed by atoms with Crippen molar-refractivity contribution < 1.29 is 4.42 Å². The molecule has 0 saturated carbocycles. The molecule has 8 aromatic rings. The highest BCUT2D eigenvalue weighted by molar-refractivity contribution is 6.16. The van der Waals surface area contributed by atoms with Crippen molar-refractivity contribution in [1.82, 2.24) is 19.9 Å². The van der Waals surface area contributed by atoms with Crippen LogP contribution in [-0.2, 0) is 0 Å². The first-order valence-corrected chi connectivity index (χ1v) is 15.9. The molecule has 47 heavy (non-hydrogen) atoms. The summed E-state index contributed by atoms with van der Waals surface area (Å²) in [5.74, 6) is 1.83. The van der Waals surface area contributed by atoms with Gasteiger partial charge in [-0.1, -0.05) is 103 Å². The average molecular weight is 605 g/mol. The third-order valence-electron chi connectivity index (χ3n) is 8.82. The van der Waals surface area contributed by atoms with E-state index >= 15 is 0 Å². The van der Waals surface area contributed by atoms with Crippen molar-refractivity contribution in [2.24, 2.45) is 0 Å². The third kappa shape index (κ3) is 4.99. The molecule has 1 aliphatic rings. The lowest BCUT2D eigenvalue weighted by Gasteiger charge is -2.12. The maximum atomic E-state index is 6.58. The number of fused-ring (bicyclic) bond motifs is 4. The van der Waals surface area contributed by atoms with Gasteiger partial charge in [0.1, 0.15) is 11.2 Å². The molecule has 0 fully saturated rings. The normalized spacial score (nSPS) is 13.0. The van der Waals surface area contributed by atoms with E-state index in [2.05, 4.69) is 96.0 Å². The second-order valence-electron chi connectivity index (χ2n) is 11.8. The molecule has 5 nitrogen and oxygen atoms in total. The number of benzene rings is 5. The number of hydrogen-bond donors (Lipinski definition) is 0. The topological polar surface area (TPSA) is 64.7 Å². The fourth-order valence-corrected chi connectivity index (χ4v) is 6.44. The molecule has 0 radical (unpaired) electrons. The minimum absolute atomic E-state index is 0.590. The summed E-state index contributed by atoms with van der Waals surface area (Å²) in [7, 11) is 0. The Morgan fingerprint density at radius 3 is 1.98 bits per heavy atom. The summed E-state index contributed by atoms with van der Waals surface area (Å²) in [5.41, 5.74) is 8.88. The van der Waals surface area contributed by atoms with Crippen molar-refractivity contribution in [3.8, 4) is 45.3 Å². The average Bonchev–Trinajstić information content (AvgIpc) is 3.51. The molecular weight excluding hydrogens is 576 g/mol. The largest absolute Gasteiger partial charge is 0.456 e. The van der Waals surface area contributed by atoms with Gasteiger partial charge in [0.15, 0.2) is 17.5 Å². The first kappa shape index (κ1) is 27.1. The zero-order valence-corrected chi connectivity index (χ0v) is 25.5. The van der Waals surface area contributed by atoms with Gasteiger partial charge in [-0.25, -0.2) is 15.0 Å². The van der Waals surface area contributed by atoms with Crippen LogP contribution in [0.1, 0.15) is 18.4 Å². The summed E-state index contributed by atoms with van der Waals surface area (Å²) < 4.78 is 6.58. The molecule has 0 spiro atoms. The van der Waals surface area contributed by atoms with E-state index in [-0.39, 0.29) is 0 Å². The van der Waals surface area contributed by atoms with Crippen LogP contribution in [0.2, 0.25) is 0 Å². The fraction of sp³-hybridized carbons (Fsp3) is 0.0476. The van der Waals surface area contributed by atoms with E-state index in [0.29, 0.717) is 17.5 Å². The minimum atomic E-state index is 0.590. The van der Waals surface area contributed by atoms with Gasteiger partial charge in [-0.2, -0.15) is 0 Å². The van der Waals surface area contributed by atoms with Crippen molar-refractivity contribution in [3.05, 3.63) is 151 Å². The van der Waals surface area contributed by atoms with E-state index < -0.39 is 0 Å². The number of aromatic nitrogens is 4. The number of rotatable bonds is 5. The van der Waals surface area contributed by atoms with E-state index in [1.165, 1.54) is 11.1 Å². The summed E-state index contributed by atoms with van der Waals surface area (Å²) >= 11 is 0. The van der Waals surface area contributed by atoms with E-state index in [0.717, 1.165) is 73.4 Å². The van der Waals surface area contributed by atoms with Crippen LogP contribution in [0.3, 0.4) is 0 Å². The number of nitrogens with zero attached hydrogens (tertiary/aromatic N) is 4. The Hall–Kier alpha value is -6.20. The van der Waals surface area contributed by atoms with Crippen LogP contribution in [0.25, 0.3) is 83.6 Å². The van der Waals surface area contributed by atoms with Gasteiger partial charge in [-0.05, 0) is 70.8 Å². The second-order valence-corrected chi connectivity index (χ2v) is 11.8. The highest BCUT2D eigenvalue weighted by atomic mass is 16.3. The molecule has 0 amide bonds. The van der Waals surface area contributed by atoms with Crippen LogP contribution in [0.4, 0.5) is 0 Å². The number of furan rings is 1. The molecule has 222 valence electrons. The molecule has 5 heteroatoms. The SMILES string of the molecule is C1=CC(c2ccc(-c3nc(-c4ccccc4)nc(-c4cc(-c5ccccc5)cc5oc6cc7ccncc7cc6c45)n3)cc2)=CCC1. The van der Waals surface area contributed by atoms with Crippen LogP contribution < -0.4 is 0 Å². The molecule has 0 saturated heterocycles. The van der Waals surface area contributed by atoms with Crippen LogP contribution in [0.15, 0.2) is 150 Å². The highest BCUT2D eigenvalue weighted by Crippen LogP contribution is 2.41. The maximum Gasteiger partial charge on any atom is 0.164 e. The maximum absolute atomic E-state index is 6.58. The Kier molecular flexibility index (Phi) is 6.53. The van der Waals surface area contributed by atoms with Gasteiger partial charge < -0.3 is 4.42 Å². The van der Waals surface area contributed by atoms with Gasteiger partial charge in [-0.3, -0.25) is 4.98 Å². The first-order valence-electron chi connectivity index (χ1n) is 15.9. The minimum Gasteiger partial charge on any atom is -0.456 e. The molecule has 3 heterocycles. The zero-order valence-electron chi connectivity index (χ0n) is 25.5. The van der Waals surface area contributed by atoms with Crippen LogP contribution >= 0.6 is 0 Å². The van der Waals surface area contributed by atoms with Crippen LogP contribution in [-0.4, -0.2) is 19.9 Å². The molecule has 0 atom stereocenters. The molecule has 0 bridgehead atoms. The van der Waals surface area contributed by atoms with Crippen molar-refractivity contribution >= 4 is 38.3 Å². The fourth-order valence-electron chi connectivity index (χ4n) is 6.44. The smallest absolute Gasteiger partial charge is 0.164 e. The van der Waals surface area contributed by atoms with E-state index in [4.69, 9.17) is 19.4 Å². The molecule has 5 aromatic carbocycles. The second kappa shape index (κ2) is 11.3. The molecule has 1 aliphatic carbocycles. The summed E-state index contributed by atoms with van der Waals surface area (Å²) in [6.07, 6.45) is 12.6. The monoisotopic (exact) mass is 604 g/mol. The molecule has 0 N–H and O–H groups in total. The van der Waals surface area contributed by atoms with E-state index in [9.17, 15) is 0 Å². The summed E-state index contributed by atoms with van der Waals surface area (Å²) in [6, 6.07) is 39.5. The lowest BCUT2D eigenvalue weighted by Crippen LogP contribution is -2.01. The summed E-state index contributed by atoms with van der Waals surface area (Å²) in [6.45, 7) is 0. The van der Waals surface area contributed by atoms with Crippen LogP contribution in [0.5, 0.6) is 0 Å². The summed E-state index contributed by atoms with van der Waals surface area (Å²) in [4.78, 5) is 19.7. The Balaban J connectivity index is 1.30. The van der Waals surface area contributed by atoms with Crippen molar-refractivity contribution in [2.75, 3.05) is 0 Å². The lowest BCUT2D eigenvalue weighted by atomic mass is 9.97. The standard InChI is InChI=1S/C42H28N4O/c1-4-10-27(11-5-1)29-16-18-31(19-17-29)41-44-40(30-14-8-3-9-15-30)45-42(46-41)36-22-33(28-12-6-2-7-13-28)25-38-39(36)35-23-34-26-43-21-20-32(34)24-37(35)47-38/h2-4,6-26H,1,5H2. The Morgan fingerprint density at radius 1 is 0.532 bits per heavy atom. The van der Waals surface area contributed by atoms with Gasteiger partial charge in [0.25, 0.3) is 0 Å². The predicted octanol–water partition coefficient (Wildman–Crippen LogP) is 10.7. The third-order valence-corrected chi connectivity index (χ3v) is 8.82. The number of allylic oxidation sites excluding steroid dienone is 4. The Morgan fingerprint density at radius 2 is 1.23 bits per heavy atom. The molecular formula is C42H28N4O. The van der Waals surface area contributed by atoms with Crippen molar-refractivity contribution in [1.29, 1.82) is 0 Å². The molecule has 3 aromatic heterocycles. The zero-order chi connectivity index (χ0) is 31.2. The van der Waals surface area contributed by atoms with Gasteiger partial charge >= 0.3 is 0 Å². The van der Waals surface area contributed by atoms with Crippen LogP contribution in [0, 0.1) is 0 Å². The van der Waals surface area contributed by atoms with Gasteiger partial charge in [0, 0.05) is 45.2 Å².